The van der Waals surface area contributed by atoms with Gasteiger partial charge in [-0.15, -0.1) is 0 Å². The van der Waals surface area contributed by atoms with Crippen LogP contribution in [-0.2, 0) is 4.79 Å². The minimum absolute atomic E-state index is 0.0419. The summed E-state index contributed by atoms with van der Waals surface area (Å²) in [5.74, 6) is -2.18. The summed E-state index contributed by atoms with van der Waals surface area (Å²) >= 11 is 0. The first kappa shape index (κ1) is 19.8. The van der Waals surface area contributed by atoms with Gasteiger partial charge >= 0.3 is 11.9 Å². The minimum atomic E-state index is -1.16. The molecule has 2 N–H and O–H groups in total. The molecule has 1 amide bonds. The van der Waals surface area contributed by atoms with E-state index in [-0.39, 0.29) is 22.6 Å². The molecule has 0 bridgehead atoms. The van der Waals surface area contributed by atoms with Gasteiger partial charge in [-0.3, -0.25) is 9.59 Å². The Hall–Kier alpha value is -3.93. The summed E-state index contributed by atoms with van der Waals surface area (Å²) in [5, 5.41) is 12.2. The Kier molecular flexibility index (Phi) is 5.74. The third-order valence-corrected chi connectivity index (χ3v) is 4.24. The second kappa shape index (κ2) is 8.39. The first-order chi connectivity index (χ1) is 13.8. The monoisotopic (exact) mass is 389 g/mol. The Bertz CT molecular complexity index is 1090. The topological polar surface area (TPSA) is 92.7 Å². The van der Waals surface area contributed by atoms with Crippen LogP contribution < -0.4 is 10.1 Å². The smallest absolute Gasteiger partial charge is 0.337 e. The second-order valence-electron chi connectivity index (χ2n) is 6.48. The zero-order valence-corrected chi connectivity index (χ0v) is 15.9. The number of esters is 1. The molecule has 0 radical (unpaired) electrons. The van der Waals surface area contributed by atoms with Crippen molar-refractivity contribution in [2.24, 2.45) is 0 Å². The van der Waals surface area contributed by atoms with Crippen molar-refractivity contribution >= 4 is 23.5 Å². The summed E-state index contributed by atoms with van der Waals surface area (Å²) in [6.45, 7) is 3.04. The van der Waals surface area contributed by atoms with Crippen LogP contribution in [0.15, 0.2) is 66.7 Å². The molecule has 29 heavy (non-hydrogen) atoms. The maximum absolute atomic E-state index is 12.9. The third-order valence-electron chi connectivity index (χ3n) is 4.24. The number of ether oxygens (including phenoxy) is 1. The van der Waals surface area contributed by atoms with Crippen LogP contribution in [-0.4, -0.2) is 23.0 Å². The number of aryl methyl sites for hydroxylation is 1. The van der Waals surface area contributed by atoms with E-state index in [2.05, 4.69) is 5.32 Å². The summed E-state index contributed by atoms with van der Waals surface area (Å²) in [6.07, 6.45) is 0. The van der Waals surface area contributed by atoms with Crippen LogP contribution in [0.25, 0.3) is 11.1 Å². The van der Waals surface area contributed by atoms with Crippen LogP contribution in [0.5, 0.6) is 5.75 Å². The van der Waals surface area contributed by atoms with E-state index in [1.807, 2.05) is 30.3 Å². The summed E-state index contributed by atoms with van der Waals surface area (Å²) in [5.41, 5.74) is 2.69. The van der Waals surface area contributed by atoms with E-state index in [1.54, 1.807) is 31.2 Å². The van der Waals surface area contributed by atoms with Crippen molar-refractivity contribution in [1.82, 2.24) is 0 Å². The number of amides is 1. The zero-order valence-electron chi connectivity index (χ0n) is 15.9. The summed E-state index contributed by atoms with van der Waals surface area (Å²) in [7, 11) is 0. The summed E-state index contributed by atoms with van der Waals surface area (Å²) in [6, 6.07) is 19.0. The van der Waals surface area contributed by atoms with Crippen LogP contribution >= 0.6 is 0 Å². The van der Waals surface area contributed by atoms with E-state index >= 15 is 0 Å². The number of hydrogen-bond donors (Lipinski definition) is 2. The van der Waals surface area contributed by atoms with E-state index in [1.165, 1.54) is 19.1 Å². The molecular weight excluding hydrogens is 370 g/mol. The number of aromatic carboxylic acids is 1. The first-order valence-corrected chi connectivity index (χ1v) is 8.88. The molecule has 0 unspecified atom stereocenters. The average molecular weight is 389 g/mol. The van der Waals surface area contributed by atoms with Gasteiger partial charge in [0.2, 0.25) is 0 Å². The third kappa shape index (κ3) is 4.68. The van der Waals surface area contributed by atoms with E-state index in [0.717, 1.165) is 16.7 Å². The van der Waals surface area contributed by atoms with Crippen molar-refractivity contribution in [1.29, 1.82) is 0 Å². The number of hydrogen-bond acceptors (Lipinski definition) is 4. The van der Waals surface area contributed by atoms with Crippen LogP contribution in [0, 0.1) is 6.92 Å². The fourth-order valence-corrected chi connectivity index (χ4v) is 2.90. The summed E-state index contributed by atoms with van der Waals surface area (Å²) < 4.78 is 5.11. The fourth-order valence-electron chi connectivity index (χ4n) is 2.90. The van der Waals surface area contributed by atoms with Crippen molar-refractivity contribution in [3.05, 3.63) is 83.4 Å². The fraction of sp³-hybridized carbons (Fsp3) is 0.0870. The van der Waals surface area contributed by atoms with Gasteiger partial charge in [-0.05, 0) is 42.3 Å². The van der Waals surface area contributed by atoms with Crippen LogP contribution in [0.1, 0.15) is 33.2 Å². The molecule has 6 heteroatoms. The number of rotatable bonds is 5. The first-order valence-electron chi connectivity index (χ1n) is 8.88. The van der Waals surface area contributed by atoms with Crippen molar-refractivity contribution in [3.63, 3.8) is 0 Å². The molecule has 0 atom stereocenters. The Morgan fingerprint density at radius 3 is 2.24 bits per heavy atom. The number of benzene rings is 3. The highest BCUT2D eigenvalue weighted by Crippen LogP contribution is 2.28. The SMILES string of the molecule is CC(=O)Oc1ccc(C)cc1C(=O)Nc1cc(-c2ccccc2)ccc1C(=O)O. The number of anilines is 1. The molecule has 0 aliphatic rings. The number of carbonyl (C=O) groups excluding carboxylic acids is 2. The molecular formula is C23H19NO5. The van der Waals surface area contributed by atoms with Gasteiger partial charge in [0, 0.05) is 6.92 Å². The average Bonchev–Trinajstić information content (AvgIpc) is 2.69. The molecule has 0 fully saturated rings. The Morgan fingerprint density at radius 2 is 1.59 bits per heavy atom. The van der Waals surface area contributed by atoms with Crippen molar-refractivity contribution in [2.75, 3.05) is 5.32 Å². The Morgan fingerprint density at radius 1 is 0.862 bits per heavy atom. The Balaban J connectivity index is 2.01. The molecule has 146 valence electrons. The molecule has 0 saturated carbocycles. The molecule has 0 aliphatic heterocycles. The lowest BCUT2D eigenvalue weighted by Crippen LogP contribution is -2.17. The molecule has 0 heterocycles. The number of carboxylic acid groups (broad SMARTS) is 1. The largest absolute Gasteiger partial charge is 0.478 e. The van der Waals surface area contributed by atoms with Crippen LogP contribution in [0.2, 0.25) is 0 Å². The number of nitrogens with one attached hydrogen (secondary N) is 1. The predicted molar refractivity (Wildman–Crippen MR) is 109 cm³/mol. The number of carbonyl (C=O) groups is 3. The second-order valence-corrected chi connectivity index (χ2v) is 6.48. The van der Waals surface area contributed by atoms with Gasteiger partial charge in [-0.2, -0.15) is 0 Å². The maximum Gasteiger partial charge on any atom is 0.337 e. The molecule has 0 spiro atoms. The lowest BCUT2D eigenvalue weighted by molar-refractivity contribution is -0.131. The van der Waals surface area contributed by atoms with Gasteiger partial charge in [-0.25, -0.2) is 4.79 Å². The van der Waals surface area contributed by atoms with Crippen molar-refractivity contribution < 1.29 is 24.2 Å². The highest BCUT2D eigenvalue weighted by atomic mass is 16.5. The van der Waals surface area contributed by atoms with Gasteiger partial charge in [0.05, 0.1) is 16.8 Å². The number of carboxylic acids is 1. The molecule has 6 nitrogen and oxygen atoms in total. The molecule has 3 aromatic carbocycles. The van der Waals surface area contributed by atoms with Gasteiger partial charge < -0.3 is 15.2 Å². The lowest BCUT2D eigenvalue weighted by atomic mass is 10.0. The highest BCUT2D eigenvalue weighted by Gasteiger charge is 2.18. The van der Waals surface area contributed by atoms with Crippen LogP contribution in [0.3, 0.4) is 0 Å². The minimum Gasteiger partial charge on any atom is -0.478 e. The Labute approximate surface area is 167 Å². The van der Waals surface area contributed by atoms with E-state index in [0.29, 0.717) is 0 Å². The van der Waals surface area contributed by atoms with E-state index < -0.39 is 17.8 Å². The maximum atomic E-state index is 12.9. The zero-order chi connectivity index (χ0) is 21.0. The molecule has 3 rings (SSSR count). The van der Waals surface area contributed by atoms with E-state index in [9.17, 15) is 19.5 Å². The van der Waals surface area contributed by atoms with E-state index in [4.69, 9.17) is 4.74 Å². The molecule has 0 aromatic heterocycles. The van der Waals surface area contributed by atoms with Crippen molar-refractivity contribution in [3.8, 4) is 16.9 Å². The predicted octanol–water partition coefficient (Wildman–Crippen LogP) is 4.54. The van der Waals surface area contributed by atoms with Gasteiger partial charge in [-0.1, -0.05) is 48.0 Å². The highest BCUT2D eigenvalue weighted by molar-refractivity contribution is 6.10. The van der Waals surface area contributed by atoms with Gasteiger partial charge in [0.25, 0.3) is 5.91 Å². The summed E-state index contributed by atoms with van der Waals surface area (Å²) in [4.78, 5) is 35.9. The molecule has 0 aliphatic carbocycles. The van der Waals surface area contributed by atoms with Crippen LogP contribution in [0.4, 0.5) is 5.69 Å². The normalized spacial score (nSPS) is 10.3. The lowest BCUT2D eigenvalue weighted by Gasteiger charge is -2.13. The standard InChI is InChI=1S/C23H19NO5/c1-14-8-11-21(29-15(2)25)19(12-14)22(26)24-20-13-17(9-10-18(20)23(27)28)16-6-4-3-5-7-16/h3-13H,1-2H3,(H,24,26)(H,27,28). The van der Waals surface area contributed by atoms with Crippen molar-refractivity contribution in [2.45, 2.75) is 13.8 Å². The van der Waals surface area contributed by atoms with Gasteiger partial charge in [0.1, 0.15) is 5.75 Å². The molecule has 0 saturated heterocycles. The molecule has 3 aromatic rings. The quantitative estimate of drug-likeness (QED) is 0.494. The van der Waals surface area contributed by atoms with Gasteiger partial charge in [0.15, 0.2) is 0 Å².